The Bertz CT molecular complexity index is 800. The molecule has 3 aromatic carbocycles. The Morgan fingerprint density at radius 1 is 0.840 bits per heavy atom. The molecule has 0 fully saturated rings. The first-order valence-corrected chi connectivity index (χ1v) is 8.71. The predicted molar refractivity (Wildman–Crippen MR) is 104 cm³/mol. The van der Waals surface area contributed by atoms with Crippen LogP contribution in [0.2, 0.25) is 5.02 Å². The molecule has 0 spiro atoms. The Balaban J connectivity index is 1.74. The van der Waals surface area contributed by atoms with Crippen molar-refractivity contribution in [3.63, 3.8) is 0 Å². The van der Waals surface area contributed by atoms with Crippen molar-refractivity contribution in [2.24, 2.45) is 0 Å². The smallest absolute Gasteiger partial charge is 0.139 e. The highest BCUT2D eigenvalue weighted by Crippen LogP contribution is 2.24. The molecule has 0 saturated carbocycles. The maximum absolute atomic E-state index is 12.6. The standard InChI is InChI=1S/C22H20ClNO/c23-19-11-13-20(14-12-19)24-22(18-9-5-2-6-10-18)16-21(25)15-17-7-3-1-4-8-17/h1-14,22,24H,15-16H2. The molecule has 0 bridgehead atoms. The van der Waals surface area contributed by atoms with Crippen LogP contribution in [0.1, 0.15) is 23.6 Å². The van der Waals surface area contributed by atoms with Crippen molar-refractivity contribution in [1.82, 2.24) is 0 Å². The molecule has 3 heteroatoms. The van der Waals surface area contributed by atoms with Crippen LogP contribution >= 0.6 is 11.6 Å². The molecule has 0 aliphatic carbocycles. The lowest BCUT2D eigenvalue weighted by molar-refractivity contribution is -0.118. The fraction of sp³-hybridized carbons (Fsp3) is 0.136. The SMILES string of the molecule is O=C(Cc1ccccc1)CC(Nc1ccc(Cl)cc1)c1ccccc1. The summed E-state index contributed by atoms with van der Waals surface area (Å²) < 4.78 is 0. The molecule has 0 amide bonds. The summed E-state index contributed by atoms with van der Waals surface area (Å²) in [4.78, 5) is 12.6. The molecule has 1 atom stereocenters. The average Bonchev–Trinajstić information content (AvgIpc) is 2.64. The van der Waals surface area contributed by atoms with Crippen LogP contribution in [0.15, 0.2) is 84.9 Å². The molecular formula is C22H20ClNO. The topological polar surface area (TPSA) is 29.1 Å². The van der Waals surface area contributed by atoms with Crippen molar-refractivity contribution in [2.75, 3.05) is 5.32 Å². The maximum atomic E-state index is 12.6. The molecule has 0 heterocycles. The fourth-order valence-corrected chi connectivity index (χ4v) is 2.93. The van der Waals surface area contributed by atoms with E-state index in [1.165, 1.54) is 0 Å². The number of ketones is 1. The Morgan fingerprint density at radius 2 is 1.44 bits per heavy atom. The minimum absolute atomic E-state index is 0.0708. The van der Waals surface area contributed by atoms with Gasteiger partial charge in [0.2, 0.25) is 0 Å². The molecule has 0 saturated heterocycles. The highest BCUT2D eigenvalue weighted by Gasteiger charge is 2.16. The second-order valence-electron chi connectivity index (χ2n) is 6.02. The first-order valence-electron chi connectivity index (χ1n) is 8.33. The van der Waals surface area contributed by atoms with Gasteiger partial charge in [-0.05, 0) is 35.4 Å². The highest BCUT2D eigenvalue weighted by molar-refractivity contribution is 6.30. The van der Waals surface area contributed by atoms with Crippen LogP contribution in [0.3, 0.4) is 0 Å². The van der Waals surface area contributed by atoms with E-state index in [4.69, 9.17) is 11.6 Å². The molecule has 1 unspecified atom stereocenters. The summed E-state index contributed by atoms with van der Waals surface area (Å²) in [6.45, 7) is 0. The van der Waals surface area contributed by atoms with Crippen LogP contribution < -0.4 is 5.32 Å². The van der Waals surface area contributed by atoms with Crippen molar-refractivity contribution < 1.29 is 4.79 Å². The van der Waals surface area contributed by atoms with Crippen molar-refractivity contribution in [1.29, 1.82) is 0 Å². The van der Waals surface area contributed by atoms with E-state index in [9.17, 15) is 4.79 Å². The Kier molecular flexibility index (Phi) is 5.86. The molecule has 1 N–H and O–H groups in total. The summed E-state index contributed by atoms with van der Waals surface area (Å²) in [5.41, 5.74) is 3.09. The lowest BCUT2D eigenvalue weighted by atomic mass is 9.97. The third-order valence-corrected chi connectivity index (χ3v) is 4.31. The van der Waals surface area contributed by atoms with Crippen LogP contribution in [0.5, 0.6) is 0 Å². The zero-order valence-corrected chi connectivity index (χ0v) is 14.6. The average molecular weight is 350 g/mol. The number of nitrogens with one attached hydrogen (secondary N) is 1. The van der Waals surface area contributed by atoms with Crippen LogP contribution in [-0.2, 0) is 11.2 Å². The summed E-state index contributed by atoms with van der Waals surface area (Å²) in [5, 5.41) is 4.16. The molecular weight excluding hydrogens is 330 g/mol. The van der Waals surface area contributed by atoms with Gasteiger partial charge in [-0.15, -0.1) is 0 Å². The van der Waals surface area contributed by atoms with Crippen LogP contribution in [0, 0.1) is 0 Å². The van der Waals surface area contributed by atoms with Crippen molar-refractivity contribution >= 4 is 23.1 Å². The van der Waals surface area contributed by atoms with Crippen molar-refractivity contribution in [3.05, 3.63) is 101 Å². The number of Topliss-reactive ketones (excluding diaryl/α,β-unsaturated/α-hetero) is 1. The fourth-order valence-electron chi connectivity index (χ4n) is 2.81. The Morgan fingerprint density at radius 3 is 2.08 bits per heavy atom. The van der Waals surface area contributed by atoms with E-state index in [2.05, 4.69) is 5.32 Å². The second-order valence-corrected chi connectivity index (χ2v) is 6.46. The summed E-state index contributed by atoms with van der Waals surface area (Å²) >= 11 is 5.96. The van der Waals surface area contributed by atoms with Gasteiger partial charge in [-0.3, -0.25) is 4.79 Å². The number of anilines is 1. The van der Waals surface area contributed by atoms with E-state index in [0.717, 1.165) is 16.8 Å². The van der Waals surface area contributed by atoms with E-state index in [0.29, 0.717) is 17.9 Å². The molecule has 3 aromatic rings. The normalized spacial score (nSPS) is 11.7. The molecule has 126 valence electrons. The number of carbonyl (C=O) groups excluding carboxylic acids is 1. The van der Waals surface area contributed by atoms with Crippen molar-refractivity contribution in [3.8, 4) is 0 Å². The van der Waals surface area contributed by atoms with Gasteiger partial charge in [-0.1, -0.05) is 72.3 Å². The monoisotopic (exact) mass is 349 g/mol. The first kappa shape index (κ1) is 17.2. The Labute approximate surface area is 153 Å². The lowest BCUT2D eigenvalue weighted by Crippen LogP contribution is -2.16. The third-order valence-electron chi connectivity index (χ3n) is 4.06. The first-order chi connectivity index (χ1) is 12.2. The van der Waals surface area contributed by atoms with Gasteiger partial charge in [0.1, 0.15) is 5.78 Å². The van der Waals surface area contributed by atoms with Gasteiger partial charge in [0, 0.05) is 23.6 Å². The zero-order valence-electron chi connectivity index (χ0n) is 13.9. The second kappa shape index (κ2) is 8.50. The summed E-state index contributed by atoms with van der Waals surface area (Å²) in [5.74, 6) is 0.210. The van der Waals surface area contributed by atoms with Gasteiger partial charge >= 0.3 is 0 Å². The minimum Gasteiger partial charge on any atom is -0.378 e. The van der Waals surface area contributed by atoms with E-state index in [1.54, 1.807) is 0 Å². The quantitative estimate of drug-likeness (QED) is 0.593. The molecule has 3 rings (SSSR count). The van der Waals surface area contributed by atoms with E-state index in [-0.39, 0.29) is 11.8 Å². The Hall–Kier alpha value is -2.58. The predicted octanol–water partition coefficient (Wildman–Crippen LogP) is 5.70. The van der Waals surface area contributed by atoms with Gasteiger partial charge in [0.15, 0.2) is 0 Å². The summed E-state index contributed by atoms with van der Waals surface area (Å²) in [7, 11) is 0. The lowest BCUT2D eigenvalue weighted by Gasteiger charge is -2.20. The number of carbonyl (C=O) groups is 1. The van der Waals surface area contributed by atoms with Gasteiger partial charge in [-0.25, -0.2) is 0 Å². The van der Waals surface area contributed by atoms with E-state index >= 15 is 0 Å². The number of benzene rings is 3. The van der Waals surface area contributed by atoms with Gasteiger partial charge < -0.3 is 5.32 Å². The van der Waals surface area contributed by atoms with Crippen LogP contribution in [0.4, 0.5) is 5.69 Å². The van der Waals surface area contributed by atoms with Crippen molar-refractivity contribution in [2.45, 2.75) is 18.9 Å². The molecule has 0 aliphatic rings. The third kappa shape index (κ3) is 5.20. The number of rotatable bonds is 7. The highest BCUT2D eigenvalue weighted by atomic mass is 35.5. The zero-order chi connectivity index (χ0) is 17.5. The van der Waals surface area contributed by atoms with Gasteiger partial charge in [0.25, 0.3) is 0 Å². The molecule has 0 radical (unpaired) electrons. The van der Waals surface area contributed by atoms with E-state index < -0.39 is 0 Å². The largest absolute Gasteiger partial charge is 0.378 e. The van der Waals surface area contributed by atoms with Gasteiger partial charge in [0.05, 0.1) is 6.04 Å². The number of halogens is 1. The molecule has 0 aromatic heterocycles. The van der Waals surface area contributed by atoms with E-state index in [1.807, 2.05) is 84.9 Å². The summed E-state index contributed by atoms with van der Waals surface area (Å²) in [6.07, 6.45) is 0.883. The maximum Gasteiger partial charge on any atom is 0.139 e. The summed E-state index contributed by atoms with van der Waals surface area (Å²) in [6, 6.07) is 27.4. The molecule has 25 heavy (non-hydrogen) atoms. The van der Waals surface area contributed by atoms with Crippen LogP contribution in [-0.4, -0.2) is 5.78 Å². The van der Waals surface area contributed by atoms with Crippen LogP contribution in [0.25, 0.3) is 0 Å². The minimum atomic E-state index is -0.0708. The molecule has 2 nitrogen and oxygen atoms in total. The number of hydrogen-bond acceptors (Lipinski definition) is 2. The molecule has 0 aliphatic heterocycles. The number of hydrogen-bond donors (Lipinski definition) is 1. The van der Waals surface area contributed by atoms with Gasteiger partial charge in [-0.2, -0.15) is 0 Å².